The first-order valence-electron chi connectivity index (χ1n) is 8.67. The third kappa shape index (κ3) is 6.18. The van der Waals surface area contributed by atoms with Crippen molar-refractivity contribution in [3.63, 3.8) is 0 Å². The van der Waals surface area contributed by atoms with Gasteiger partial charge in [0.15, 0.2) is 5.16 Å². The molecule has 7 heteroatoms. The highest BCUT2D eigenvalue weighted by Gasteiger charge is 2.09. The van der Waals surface area contributed by atoms with E-state index in [1.165, 1.54) is 11.8 Å². The SMILES string of the molecule is CCCN(C)c1cc(Cl)nc(SCc2ccc(C(=O)NC(C)C)cc2)n1. The maximum atomic E-state index is 12.0. The molecule has 0 spiro atoms. The molecule has 1 aromatic carbocycles. The number of hydrogen-bond acceptors (Lipinski definition) is 5. The largest absolute Gasteiger partial charge is 0.360 e. The predicted octanol–water partition coefficient (Wildman–Crippen LogP) is 4.41. The van der Waals surface area contributed by atoms with Crippen LogP contribution in [0.25, 0.3) is 0 Å². The number of halogens is 1. The second kappa shape index (κ2) is 9.78. The number of aromatic nitrogens is 2. The summed E-state index contributed by atoms with van der Waals surface area (Å²) in [4.78, 5) is 22.9. The standard InChI is InChI=1S/C19H25ClN4OS/c1-5-10-24(4)17-11-16(20)22-19(23-17)26-12-14-6-8-15(9-7-14)18(25)21-13(2)3/h6-9,11,13H,5,10,12H2,1-4H3,(H,21,25). The quantitative estimate of drug-likeness (QED) is 0.409. The van der Waals surface area contributed by atoms with Gasteiger partial charge in [-0.15, -0.1) is 0 Å². The van der Waals surface area contributed by atoms with Gasteiger partial charge >= 0.3 is 0 Å². The van der Waals surface area contributed by atoms with Crippen molar-refractivity contribution in [1.82, 2.24) is 15.3 Å². The van der Waals surface area contributed by atoms with Crippen molar-refractivity contribution in [3.05, 3.63) is 46.6 Å². The molecule has 1 aromatic heterocycles. The Kier molecular flexibility index (Phi) is 7.72. The average Bonchev–Trinajstić information content (AvgIpc) is 2.59. The molecule has 1 heterocycles. The minimum Gasteiger partial charge on any atom is -0.360 e. The van der Waals surface area contributed by atoms with E-state index in [0.717, 1.165) is 24.3 Å². The Morgan fingerprint density at radius 3 is 2.58 bits per heavy atom. The van der Waals surface area contributed by atoms with Gasteiger partial charge in [-0.1, -0.05) is 42.4 Å². The summed E-state index contributed by atoms with van der Waals surface area (Å²) in [6, 6.07) is 9.49. The van der Waals surface area contributed by atoms with E-state index in [2.05, 4.69) is 27.1 Å². The highest BCUT2D eigenvalue weighted by molar-refractivity contribution is 7.98. The van der Waals surface area contributed by atoms with Gasteiger partial charge in [-0.3, -0.25) is 4.79 Å². The number of amides is 1. The summed E-state index contributed by atoms with van der Waals surface area (Å²) in [5.74, 6) is 1.49. The van der Waals surface area contributed by atoms with E-state index in [1.54, 1.807) is 6.07 Å². The molecular weight excluding hydrogens is 368 g/mol. The number of rotatable bonds is 8. The van der Waals surface area contributed by atoms with Crippen LogP contribution in [0.4, 0.5) is 5.82 Å². The number of nitrogens with zero attached hydrogens (tertiary/aromatic N) is 3. The van der Waals surface area contributed by atoms with Crippen molar-refractivity contribution < 1.29 is 4.79 Å². The van der Waals surface area contributed by atoms with Gasteiger partial charge in [0.05, 0.1) is 0 Å². The van der Waals surface area contributed by atoms with Gasteiger partial charge in [0.25, 0.3) is 5.91 Å². The number of carbonyl (C=O) groups excluding carboxylic acids is 1. The monoisotopic (exact) mass is 392 g/mol. The van der Waals surface area contributed by atoms with E-state index < -0.39 is 0 Å². The highest BCUT2D eigenvalue weighted by atomic mass is 35.5. The van der Waals surface area contributed by atoms with Gasteiger partial charge < -0.3 is 10.2 Å². The van der Waals surface area contributed by atoms with E-state index in [1.807, 2.05) is 45.2 Å². The molecule has 0 aliphatic rings. The zero-order chi connectivity index (χ0) is 19.1. The third-order valence-corrected chi connectivity index (χ3v) is 4.73. The summed E-state index contributed by atoms with van der Waals surface area (Å²) in [5, 5.41) is 3.98. The lowest BCUT2D eigenvalue weighted by atomic mass is 10.1. The normalized spacial score (nSPS) is 10.8. The second-order valence-corrected chi connectivity index (χ2v) is 7.70. The van der Waals surface area contributed by atoms with Gasteiger partial charge in [-0.05, 0) is 38.0 Å². The highest BCUT2D eigenvalue weighted by Crippen LogP contribution is 2.24. The molecule has 0 unspecified atom stereocenters. The summed E-state index contributed by atoms with van der Waals surface area (Å²) in [6.45, 7) is 6.93. The minimum atomic E-state index is -0.0546. The van der Waals surface area contributed by atoms with Crippen molar-refractivity contribution in [2.24, 2.45) is 0 Å². The molecule has 0 fully saturated rings. The lowest BCUT2D eigenvalue weighted by Gasteiger charge is -2.17. The van der Waals surface area contributed by atoms with Crippen LogP contribution in [-0.2, 0) is 5.75 Å². The molecule has 1 N–H and O–H groups in total. The molecule has 2 rings (SSSR count). The van der Waals surface area contributed by atoms with Crippen LogP contribution in [0, 0.1) is 0 Å². The maximum Gasteiger partial charge on any atom is 0.251 e. The van der Waals surface area contributed by atoms with Crippen molar-refractivity contribution in [2.75, 3.05) is 18.5 Å². The molecule has 5 nitrogen and oxygen atoms in total. The van der Waals surface area contributed by atoms with Crippen molar-refractivity contribution in [3.8, 4) is 0 Å². The molecule has 0 bridgehead atoms. The number of thioether (sulfide) groups is 1. The van der Waals surface area contributed by atoms with Crippen molar-refractivity contribution >= 4 is 35.1 Å². The second-order valence-electron chi connectivity index (χ2n) is 6.37. The molecule has 0 radical (unpaired) electrons. The summed E-state index contributed by atoms with van der Waals surface area (Å²) in [5.41, 5.74) is 1.76. The average molecular weight is 393 g/mol. The van der Waals surface area contributed by atoms with E-state index in [9.17, 15) is 4.79 Å². The topological polar surface area (TPSA) is 58.1 Å². The maximum absolute atomic E-state index is 12.0. The van der Waals surface area contributed by atoms with E-state index in [-0.39, 0.29) is 11.9 Å². The molecule has 0 saturated heterocycles. The Labute approximate surface area is 164 Å². The first-order chi connectivity index (χ1) is 12.4. The molecule has 2 aromatic rings. The third-order valence-electron chi connectivity index (χ3n) is 3.61. The summed E-state index contributed by atoms with van der Waals surface area (Å²) >= 11 is 7.67. The fourth-order valence-electron chi connectivity index (χ4n) is 2.34. The fourth-order valence-corrected chi connectivity index (χ4v) is 3.38. The Morgan fingerprint density at radius 2 is 1.96 bits per heavy atom. The number of carbonyl (C=O) groups is 1. The molecule has 0 aliphatic carbocycles. The summed E-state index contributed by atoms with van der Waals surface area (Å²) in [7, 11) is 2.00. The Morgan fingerprint density at radius 1 is 1.27 bits per heavy atom. The zero-order valence-electron chi connectivity index (χ0n) is 15.6. The summed E-state index contributed by atoms with van der Waals surface area (Å²) in [6.07, 6.45) is 1.04. The van der Waals surface area contributed by atoms with Crippen LogP contribution in [0.1, 0.15) is 43.1 Å². The number of nitrogens with one attached hydrogen (secondary N) is 1. The molecule has 26 heavy (non-hydrogen) atoms. The molecule has 140 valence electrons. The van der Waals surface area contributed by atoms with E-state index >= 15 is 0 Å². The van der Waals surface area contributed by atoms with E-state index in [0.29, 0.717) is 21.6 Å². The van der Waals surface area contributed by atoms with E-state index in [4.69, 9.17) is 11.6 Å². The number of anilines is 1. The lowest BCUT2D eigenvalue weighted by Crippen LogP contribution is -2.29. The van der Waals surface area contributed by atoms with Crippen LogP contribution in [0.15, 0.2) is 35.5 Å². The molecule has 0 atom stereocenters. The molecule has 0 saturated carbocycles. The van der Waals surface area contributed by atoms with Crippen LogP contribution in [0.2, 0.25) is 5.15 Å². The first-order valence-corrected chi connectivity index (χ1v) is 10.0. The predicted molar refractivity (Wildman–Crippen MR) is 109 cm³/mol. The van der Waals surface area contributed by atoms with Crippen LogP contribution in [0.5, 0.6) is 0 Å². The van der Waals surface area contributed by atoms with Crippen molar-refractivity contribution in [2.45, 2.75) is 44.1 Å². The lowest BCUT2D eigenvalue weighted by molar-refractivity contribution is 0.0943. The van der Waals surface area contributed by atoms with Gasteiger partial charge in [-0.25, -0.2) is 9.97 Å². The smallest absolute Gasteiger partial charge is 0.251 e. The van der Waals surface area contributed by atoms with Gasteiger partial charge in [0, 0.05) is 37.0 Å². The fraction of sp³-hybridized carbons (Fsp3) is 0.421. The number of benzene rings is 1. The first kappa shape index (κ1) is 20.5. The van der Waals surface area contributed by atoms with Crippen LogP contribution in [-0.4, -0.2) is 35.5 Å². The van der Waals surface area contributed by atoms with Crippen molar-refractivity contribution in [1.29, 1.82) is 0 Å². The van der Waals surface area contributed by atoms with Gasteiger partial charge in [0.1, 0.15) is 11.0 Å². The Hall–Kier alpha value is -1.79. The molecule has 0 aliphatic heterocycles. The van der Waals surface area contributed by atoms with Crippen LogP contribution < -0.4 is 10.2 Å². The minimum absolute atomic E-state index is 0.0546. The van der Waals surface area contributed by atoms with Crippen LogP contribution >= 0.6 is 23.4 Å². The molecular formula is C19H25ClN4OS. The Bertz CT molecular complexity index is 737. The number of hydrogen-bond donors (Lipinski definition) is 1. The van der Waals surface area contributed by atoms with Crippen LogP contribution in [0.3, 0.4) is 0 Å². The zero-order valence-corrected chi connectivity index (χ0v) is 17.2. The summed E-state index contributed by atoms with van der Waals surface area (Å²) < 4.78 is 0. The van der Waals surface area contributed by atoms with Gasteiger partial charge in [-0.2, -0.15) is 0 Å². The Balaban J connectivity index is 2.01. The molecule has 1 amide bonds. The van der Waals surface area contributed by atoms with Gasteiger partial charge in [0.2, 0.25) is 0 Å².